The van der Waals surface area contributed by atoms with Crippen LogP contribution < -0.4 is 10.9 Å². The lowest BCUT2D eigenvalue weighted by Crippen LogP contribution is -2.27. The number of carbonyl (C=O) groups is 2. The molecular weight excluding hydrogens is 510 g/mol. The smallest absolute Gasteiger partial charge is 0.305 e. The predicted octanol–water partition coefficient (Wildman–Crippen LogP) is 2.62. The number of aromatic hydroxyl groups is 1. The minimum atomic E-state index is -3.44. The lowest BCUT2D eigenvalue weighted by atomic mass is 10.0. The number of aromatic nitrogens is 2. The number of amides is 1. The first kappa shape index (κ1) is 26.6. The molecule has 1 amide bonds. The average molecular weight is 536 g/mol. The van der Waals surface area contributed by atoms with E-state index in [1.54, 1.807) is 0 Å². The van der Waals surface area contributed by atoms with Crippen LogP contribution in [0.4, 0.5) is 0 Å². The third-order valence-corrected chi connectivity index (χ3v) is 7.15. The number of fused-ring (bicyclic) bond motifs is 1. The van der Waals surface area contributed by atoms with Crippen LogP contribution in [0.5, 0.6) is 5.75 Å². The third kappa shape index (κ3) is 5.73. The fourth-order valence-corrected chi connectivity index (χ4v) is 4.68. The van der Waals surface area contributed by atoms with E-state index in [4.69, 9.17) is 5.11 Å². The molecule has 11 heteroatoms. The van der Waals surface area contributed by atoms with Crippen LogP contribution in [0.2, 0.25) is 0 Å². The van der Waals surface area contributed by atoms with E-state index < -0.39 is 27.5 Å². The van der Waals surface area contributed by atoms with Crippen LogP contribution in [0.25, 0.3) is 22.0 Å². The molecule has 3 N–H and O–H groups in total. The molecule has 0 spiro atoms. The van der Waals surface area contributed by atoms with Gasteiger partial charge in [-0.3, -0.25) is 14.4 Å². The number of carboxylic acid groups (broad SMARTS) is 1. The summed E-state index contributed by atoms with van der Waals surface area (Å²) in [6, 6.07) is 16.8. The van der Waals surface area contributed by atoms with Gasteiger partial charge in [0.2, 0.25) is 0 Å². The molecule has 10 nitrogen and oxygen atoms in total. The van der Waals surface area contributed by atoms with E-state index in [2.05, 4.69) is 10.3 Å². The summed E-state index contributed by atoms with van der Waals surface area (Å²) in [6.07, 6.45) is 2.62. The number of hydrogen-bond acceptors (Lipinski definition) is 7. The third-order valence-electron chi connectivity index (χ3n) is 6.03. The van der Waals surface area contributed by atoms with Crippen molar-refractivity contribution >= 4 is 32.6 Å². The maximum atomic E-state index is 13.6. The topological polar surface area (TPSA) is 156 Å². The highest BCUT2D eigenvalue weighted by Crippen LogP contribution is 2.30. The fourth-order valence-electron chi connectivity index (χ4n) is 4.05. The Kier molecular flexibility index (Phi) is 7.58. The number of carbonyl (C=O) groups excluding carboxylic acids is 1. The first-order chi connectivity index (χ1) is 18.1. The number of rotatable bonds is 9. The molecule has 0 aliphatic rings. The summed E-state index contributed by atoms with van der Waals surface area (Å²) >= 11 is 0. The minimum absolute atomic E-state index is 0.0961. The van der Waals surface area contributed by atoms with Gasteiger partial charge in [0, 0.05) is 30.3 Å². The summed E-state index contributed by atoms with van der Waals surface area (Å²) in [5.41, 5.74) is 1.24. The number of aryl methyl sites for hydroxylation is 2. The number of carboxylic acids is 1. The zero-order valence-corrected chi connectivity index (χ0v) is 21.2. The van der Waals surface area contributed by atoms with Crippen LogP contribution in [0, 0.1) is 0 Å². The molecule has 0 saturated heterocycles. The molecule has 0 fully saturated rings. The van der Waals surface area contributed by atoms with Crippen molar-refractivity contribution in [1.82, 2.24) is 14.9 Å². The normalized spacial score (nSPS) is 11.4. The van der Waals surface area contributed by atoms with E-state index in [0.717, 1.165) is 11.8 Å². The van der Waals surface area contributed by atoms with Crippen LogP contribution in [0.3, 0.4) is 0 Å². The number of nitrogens with one attached hydrogen (secondary N) is 1. The van der Waals surface area contributed by atoms with Crippen molar-refractivity contribution in [1.29, 1.82) is 0 Å². The minimum Gasteiger partial charge on any atom is -0.505 e. The summed E-state index contributed by atoms with van der Waals surface area (Å²) in [6.45, 7) is 0.0989. The van der Waals surface area contributed by atoms with Gasteiger partial charge in [-0.25, -0.2) is 13.4 Å². The molecule has 0 aliphatic carbocycles. The standard InChI is InChI=1S/C27H25N3O7S/c1-38(36,37)19-9-7-18(8-10-19)20-15-21-22(30(27(20)35)14-12-17-5-3-2-4-6-17)16-29-24(25(21)33)26(34)28-13-11-23(31)32/h2-10,15-16,33H,11-14H2,1H3,(H,28,34)(H,31,32). The molecular formula is C27H25N3O7S. The second-order valence-electron chi connectivity index (χ2n) is 8.70. The Labute approximate surface area is 218 Å². The van der Waals surface area contributed by atoms with Gasteiger partial charge in [-0.2, -0.15) is 0 Å². The van der Waals surface area contributed by atoms with Crippen molar-refractivity contribution in [2.45, 2.75) is 24.3 Å². The second-order valence-corrected chi connectivity index (χ2v) is 10.7. The van der Waals surface area contributed by atoms with E-state index in [0.29, 0.717) is 17.5 Å². The zero-order chi connectivity index (χ0) is 27.4. The van der Waals surface area contributed by atoms with Crippen LogP contribution in [-0.2, 0) is 27.6 Å². The van der Waals surface area contributed by atoms with E-state index in [9.17, 15) is 27.9 Å². The lowest BCUT2D eigenvalue weighted by Gasteiger charge is -2.15. The molecule has 4 rings (SSSR count). The molecule has 0 unspecified atom stereocenters. The van der Waals surface area contributed by atoms with Crippen LogP contribution in [0.1, 0.15) is 22.5 Å². The molecule has 0 radical (unpaired) electrons. The van der Waals surface area contributed by atoms with Gasteiger partial charge in [-0.1, -0.05) is 42.5 Å². The average Bonchev–Trinajstić information content (AvgIpc) is 2.88. The van der Waals surface area contributed by atoms with Gasteiger partial charge in [0.15, 0.2) is 21.3 Å². The van der Waals surface area contributed by atoms with E-state index in [1.807, 2.05) is 30.3 Å². The SMILES string of the molecule is CS(=O)(=O)c1ccc(-c2cc3c(O)c(C(=O)NCCC(=O)O)ncc3n(CCc3ccccc3)c2=O)cc1. The number of pyridine rings is 2. The number of aliphatic carboxylic acids is 1. The summed E-state index contributed by atoms with van der Waals surface area (Å²) in [5, 5.41) is 22.4. The van der Waals surface area contributed by atoms with Crippen LogP contribution in [-0.4, -0.2) is 52.9 Å². The highest BCUT2D eigenvalue weighted by atomic mass is 32.2. The first-order valence-corrected chi connectivity index (χ1v) is 13.6. The largest absolute Gasteiger partial charge is 0.505 e. The Morgan fingerprint density at radius 1 is 1.05 bits per heavy atom. The Hall–Kier alpha value is -4.51. The highest BCUT2D eigenvalue weighted by Gasteiger charge is 2.20. The maximum absolute atomic E-state index is 13.6. The van der Waals surface area contributed by atoms with E-state index >= 15 is 0 Å². The van der Waals surface area contributed by atoms with E-state index in [1.165, 1.54) is 41.1 Å². The number of benzene rings is 2. The predicted molar refractivity (Wildman–Crippen MR) is 141 cm³/mol. The van der Waals surface area contributed by atoms with Gasteiger partial charge in [0.05, 0.1) is 23.0 Å². The van der Waals surface area contributed by atoms with Gasteiger partial charge < -0.3 is 20.1 Å². The summed E-state index contributed by atoms with van der Waals surface area (Å²) in [7, 11) is -3.44. The van der Waals surface area contributed by atoms with Crippen molar-refractivity contribution in [2.24, 2.45) is 0 Å². The lowest BCUT2D eigenvalue weighted by molar-refractivity contribution is -0.136. The Morgan fingerprint density at radius 3 is 2.37 bits per heavy atom. The Bertz CT molecular complexity index is 1680. The summed E-state index contributed by atoms with van der Waals surface area (Å²) in [4.78, 5) is 41.1. The molecule has 0 bridgehead atoms. The molecule has 2 aromatic heterocycles. The molecule has 0 aliphatic heterocycles. The molecule has 38 heavy (non-hydrogen) atoms. The van der Waals surface area contributed by atoms with Crippen molar-refractivity contribution < 1.29 is 28.2 Å². The highest BCUT2D eigenvalue weighted by molar-refractivity contribution is 7.90. The Morgan fingerprint density at radius 2 is 1.74 bits per heavy atom. The first-order valence-electron chi connectivity index (χ1n) is 11.7. The molecule has 0 saturated carbocycles. The summed E-state index contributed by atoms with van der Waals surface area (Å²) < 4.78 is 25.2. The molecule has 2 aromatic carbocycles. The maximum Gasteiger partial charge on any atom is 0.305 e. The van der Waals surface area contributed by atoms with Gasteiger partial charge in [0.1, 0.15) is 0 Å². The monoisotopic (exact) mass is 535 g/mol. The van der Waals surface area contributed by atoms with Gasteiger partial charge in [0.25, 0.3) is 11.5 Å². The fraction of sp³-hybridized carbons (Fsp3) is 0.185. The van der Waals surface area contributed by atoms with Crippen molar-refractivity contribution in [3.63, 3.8) is 0 Å². The van der Waals surface area contributed by atoms with Crippen molar-refractivity contribution in [2.75, 3.05) is 12.8 Å². The van der Waals surface area contributed by atoms with Gasteiger partial charge >= 0.3 is 5.97 Å². The zero-order valence-electron chi connectivity index (χ0n) is 20.4. The quantitative estimate of drug-likeness (QED) is 0.295. The van der Waals surface area contributed by atoms with Crippen LogP contribution >= 0.6 is 0 Å². The number of sulfone groups is 1. The van der Waals surface area contributed by atoms with Gasteiger partial charge in [-0.05, 0) is 35.7 Å². The van der Waals surface area contributed by atoms with Gasteiger partial charge in [-0.15, -0.1) is 0 Å². The second kappa shape index (κ2) is 10.9. The summed E-state index contributed by atoms with van der Waals surface area (Å²) in [5.74, 6) is -2.31. The number of hydrogen-bond donors (Lipinski definition) is 3. The van der Waals surface area contributed by atoms with Crippen LogP contribution in [0.15, 0.2) is 76.6 Å². The molecule has 0 atom stereocenters. The molecule has 196 valence electrons. The van der Waals surface area contributed by atoms with Crippen molar-refractivity contribution in [3.05, 3.63) is 88.5 Å². The molecule has 4 aromatic rings. The Balaban J connectivity index is 1.84. The number of nitrogens with zero attached hydrogens (tertiary/aromatic N) is 2. The van der Waals surface area contributed by atoms with Crippen molar-refractivity contribution in [3.8, 4) is 16.9 Å². The van der Waals surface area contributed by atoms with E-state index in [-0.39, 0.29) is 46.6 Å². The molecule has 2 heterocycles.